The van der Waals surface area contributed by atoms with Crippen LogP contribution in [0.1, 0.15) is 17.6 Å². The Hall–Kier alpha value is -1.24. The standard InChI is InChI=1S/C8H6BrF2NO3/c9-5-1-3(7(10)11)4(2-6(13)14)8(15)12-5/h1,7H,2H2,(H,12,15)(H,13,14). The smallest absolute Gasteiger partial charge is 0.308 e. The first-order valence-corrected chi connectivity index (χ1v) is 4.62. The lowest BCUT2D eigenvalue weighted by Gasteiger charge is -2.06. The zero-order chi connectivity index (χ0) is 11.6. The quantitative estimate of drug-likeness (QED) is 0.829. The lowest BCUT2D eigenvalue weighted by molar-refractivity contribution is -0.136. The maximum absolute atomic E-state index is 12.5. The van der Waals surface area contributed by atoms with Crippen molar-refractivity contribution in [3.63, 3.8) is 0 Å². The van der Waals surface area contributed by atoms with Crippen molar-refractivity contribution in [3.05, 3.63) is 32.2 Å². The van der Waals surface area contributed by atoms with Gasteiger partial charge in [0.15, 0.2) is 0 Å². The fraction of sp³-hybridized carbons (Fsp3) is 0.250. The van der Waals surface area contributed by atoms with Gasteiger partial charge in [-0.05, 0) is 22.0 Å². The highest BCUT2D eigenvalue weighted by Gasteiger charge is 2.19. The molecule has 15 heavy (non-hydrogen) atoms. The van der Waals surface area contributed by atoms with Crippen molar-refractivity contribution in [2.75, 3.05) is 0 Å². The first-order chi connectivity index (χ1) is 6.91. The summed E-state index contributed by atoms with van der Waals surface area (Å²) in [6.07, 6.45) is -3.60. The van der Waals surface area contributed by atoms with Crippen LogP contribution in [0.5, 0.6) is 0 Å². The van der Waals surface area contributed by atoms with Crippen LogP contribution in [-0.2, 0) is 11.2 Å². The van der Waals surface area contributed by atoms with E-state index in [4.69, 9.17) is 5.11 Å². The summed E-state index contributed by atoms with van der Waals surface area (Å²) < 4.78 is 25.0. The van der Waals surface area contributed by atoms with Crippen molar-refractivity contribution in [2.45, 2.75) is 12.8 Å². The molecule has 0 fully saturated rings. The number of pyridine rings is 1. The van der Waals surface area contributed by atoms with Crippen LogP contribution >= 0.6 is 15.9 Å². The number of alkyl halides is 2. The molecule has 4 nitrogen and oxygen atoms in total. The molecule has 0 aliphatic rings. The number of aromatic amines is 1. The van der Waals surface area contributed by atoms with Gasteiger partial charge in [0.2, 0.25) is 0 Å². The van der Waals surface area contributed by atoms with Crippen molar-refractivity contribution in [1.29, 1.82) is 0 Å². The summed E-state index contributed by atoms with van der Waals surface area (Å²) in [5.74, 6) is -1.33. The van der Waals surface area contributed by atoms with E-state index in [-0.39, 0.29) is 4.60 Å². The molecule has 0 amide bonds. The van der Waals surface area contributed by atoms with Gasteiger partial charge in [0.05, 0.1) is 11.0 Å². The Balaban J connectivity index is 3.33. The lowest BCUT2D eigenvalue weighted by atomic mass is 10.1. The molecule has 7 heteroatoms. The molecule has 1 aromatic rings. The summed E-state index contributed by atoms with van der Waals surface area (Å²) in [5.41, 5.74) is -1.80. The maximum Gasteiger partial charge on any atom is 0.308 e. The fourth-order valence-corrected chi connectivity index (χ4v) is 1.53. The zero-order valence-corrected chi connectivity index (χ0v) is 8.85. The summed E-state index contributed by atoms with van der Waals surface area (Å²) >= 11 is 2.85. The van der Waals surface area contributed by atoms with Crippen LogP contribution in [0.25, 0.3) is 0 Å². The highest BCUT2D eigenvalue weighted by Crippen LogP contribution is 2.23. The molecule has 0 bridgehead atoms. The summed E-state index contributed by atoms with van der Waals surface area (Å²) in [6.45, 7) is 0. The van der Waals surface area contributed by atoms with E-state index in [0.29, 0.717) is 0 Å². The molecule has 1 heterocycles. The normalized spacial score (nSPS) is 10.7. The van der Waals surface area contributed by atoms with Gasteiger partial charge in [-0.15, -0.1) is 0 Å². The van der Waals surface area contributed by atoms with E-state index in [1.807, 2.05) is 0 Å². The molecule has 0 aliphatic heterocycles. The third kappa shape index (κ3) is 2.85. The fourth-order valence-electron chi connectivity index (χ4n) is 1.10. The van der Waals surface area contributed by atoms with Crippen molar-refractivity contribution in [1.82, 2.24) is 4.98 Å². The van der Waals surface area contributed by atoms with Crippen LogP contribution in [0.4, 0.5) is 8.78 Å². The first-order valence-electron chi connectivity index (χ1n) is 3.83. The van der Waals surface area contributed by atoms with Crippen LogP contribution < -0.4 is 5.56 Å². The molecule has 82 valence electrons. The Kier molecular flexibility index (Phi) is 3.57. The van der Waals surface area contributed by atoms with Gasteiger partial charge < -0.3 is 10.1 Å². The second-order valence-corrected chi connectivity index (χ2v) is 3.61. The first kappa shape index (κ1) is 11.8. The highest BCUT2D eigenvalue weighted by atomic mass is 79.9. The third-order valence-corrected chi connectivity index (χ3v) is 2.13. The van der Waals surface area contributed by atoms with Crippen molar-refractivity contribution >= 4 is 21.9 Å². The molecule has 0 aliphatic carbocycles. The van der Waals surface area contributed by atoms with E-state index >= 15 is 0 Å². The number of halogens is 3. The second-order valence-electron chi connectivity index (χ2n) is 2.75. The van der Waals surface area contributed by atoms with Crippen LogP contribution in [-0.4, -0.2) is 16.1 Å². The molecular formula is C8H6BrF2NO3. The van der Waals surface area contributed by atoms with Gasteiger partial charge in [0, 0.05) is 11.1 Å². The van der Waals surface area contributed by atoms with Gasteiger partial charge in [-0.2, -0.15) is 0 Å². The molecular weight excluding hydrogens is 276 g/mol. The third-order valence-electron chi connectivity index (χ3n) is 1.70. The van der Waals surface area contributed by atoms with Crippen LogP contribution in [0, 0.1) is 0 Å². The molecule has 0 saturated heterocycles. The average molecular weight is 282 g/mol. The monoisotopic (exact) mass is 281 g/mol. The Bertz CT molecular complexity index is 444. The van der Waals surface area contributed by atoms with Crippen molar-refractivity contribution in [3.8, 4) is 0 Å². The van der Waals surface area contributed by atoms with E-state index in [2.05, 4.69) is 20.9 Å². The van der Waals surface area contributed by atoms with Gasteiger partial charge in [0.1, 0.15) is 0 Å². The maximum atomic E-state index is 12.5. The molecule has 0 spiro atoms. The summed E-state index contributed by atoms with van der Waals surface area (Å²) in [6, 6.07) is 1.00. The Morgan fingerprint density at radius 3 is 2.67 bits per heavy atom. The molecule has 1 aromatic heterocycles. The molecule has 2 N–H and O–H groups in total. The number of rotatable bonds is 3. The topological polar surface area (TPSA) is 70.2 Å². The number of hydrogen-bond acceptors (Lipinski definition) is 2. The SMILES string of the molecule is O=C(O)Cc1c(C(F)F)cc(Br)[nH]c1=O. The molecule has 0 radical (unpaired) electrons. The molecule has 0 saturated carbocycles. The van der Waals surface area contributed by atoms with Crippen molar-refractivity contribution < 1.29 is 18.7 Å². The average Bonchev–Trinajstić information content (AvgIpc) is 2.08. The van der Waals surface area contributed by atoms with Crippen LogP contribution in [0.15, 0.2) is 15.5 Å². The van der Waals surface area contributed by atoms with E-state index < -0.39 is 35.5 Å². The molecule has 0 atom stereocenters. The minimum absolute atomic E-state index is 0.0944. The lowest BCUT2D eigenvalue weighted by Crippen LogP contribution is -2.19. The van der Waals surface area contributed by atoms with Gasteiger partial charge in [-0.1, -0.05) is 0 Å². The number of H-pyrrole nitrogens is 1. The van der Waals surface area contributed by atoms with Crippen molar-refractivity contribution in [2.24, 2.45) is 0 Å². The second kappa shape index (κ2) is 4.52. The van der Waals surface area contributed by atoms with Crippen LogP contribution in [0.3, 0.4) is 0 Å². The number of aliphatic carboxylic acids is 1. The number of carboxylic acids is 1. The zero-order valence-electron chi connectivity index (χ0n) is 7.26. The van der Waals surface area contributed by atoms with Gasteiger partial charge in [-0.3, -0.25) is 9.59 Å². The Morgan fingerprint density at radius 2 is 2.20 bits per heavy atom. The minimum Gasteiger partial charge on any atom is -0.481 e. The number of carboxylic acid groups (broad SMARTS) is 1. The summed E-state index contributed by atoms with van der Waals surface area (Å²) in [4.78, 5) is 23.8. The number of aromatic nitrogens is 1. The molecule has 0 aromatic carbocycles. The van der Waals surface area contributed by atoms with E-state index in [1.54, 1.807) is 0 Å². The highest BCUT2D eigenvalue weighted by molar-refractivity contribution is 9.10. The van der Waals surface area contributed by atoms with E-state index in [0.717, 1.165) is 6.07 Å². The molecule has 0 unspecified atom stereocenters. The molecule has 1 rings (SSSR count). The summed E-state index contributed by atoms with van der Waals surface area (Å²) in [5, 5.41) is 8.46. The predicted octanol–water partition coefficient (Wildman–Crippen LogP) is 1.70. The van der Waals surface area contributed by atoms with E-state index in [1.165, 1.54) is 0 Å². The van der Waals surface area contributed by atoms with E-state index in [9.17, 15) is 18.4 Å². The number of nitrogens with one attached hydrogen (secondary N) is 1. The predicted molar refractivity (Wildman–Crippen MR) is 51.1 cm³/mol. The Morgan fingerprint density at radius 1 is 1.60 bits per heavy atom. The Labute approximate surface area is 91.1 Å². The van der Waals surface area contributed by atoms with Gasteiger partial charge in [-0.25, -0.2) is 8.78 Å². The number of hydrogen-bond donors (Lipinski definition) is 2. The number of carbonyl (C=O) groups is 1. The largest absolute Gasteiger partial charge is 0.481 e. The minimum atomic E-state index is -2.88. The van der Waals surface area contributed by atoms with Crippen LogP contribution in [0.2, 0.25) is 0 Å². The van der Waals surface area contributed by atoms with Gasteiger partial charge >= 0.3 is 5.97 Å². The van der Waals surface area contributed by atoms with Gasteiger partial charge in [0.25, 0.3) is 12.0 Å². The summed E-state index contributed by atoms with van der Waals surface area (Å²) in [7, 11) is 0.